The molecule has 0 spiro atoms. The fourth-order valence-electron chi connectivity index (χ4n) is 0.524. The van der Waals surface area contributed by atoms with Crippen LogP contribution in [-0.2, 0) is 4.79 Å². The fraction of sp³-hybridized carbons (Fsp3) is 0.625. The van der Waals surface area contributed by atoms with Crippen molar-refractivity contribution in [2.75, 3.05) is 0 Å². The molecule has 1 atom stereocenters. The van der Waals surface area contributed by atoms with Crippen LogP contribution in [0, 0.1) is 17.8 Å². The summed E-state index contributed by atoms with van der Waals surface area (Å²) in [6.07, 6.45) is 2.42. The van der Waals surface area contributed by atoms with E-state index < -0.39 is 0 Å². The van der Waals surface area contributed by atoms with E-state index in [1.165, 1.54) is 0 Å². The van der Waals surface area contributed by atoms with Gasteiger partial charge in [0, 0.05) is 12.8 Å². The molecule has 9 heavy (non-hydrogen) atoms. The van der Waals surface area contributed by atoms with Gasteiger partial charge in [-0.25, -0.2) is 0 Å². The van der Waals surface area contributed by atoms with E-state index in [2.05, 4.69) is 11.8 Å². The van der Waals surface area contributed by atoms with Gasteiger partial charge in [0.1, 0.15) is 6.29 Å². The molecule has 50 valence electrons. The van der Waals surface area contributed by atoms with Gasteiger partial charge in [-0.15, -0.1) is 11.8 Å². The van der Waals surface area contributed by atoms with Crippen LogP contribution < -0.4 is 0 Å². The molecule has 0 aliphatic heterocycles. The summed E-state index contributed by atoms with van der Waals surface area (Å²) in [7, 11) is 0. The molecule has 0 aromatic carbocycles. The average Bonchev–Trinajstić information content (AvgIpc) is 1.85. The monoisotopic (exact) mass is 124 g/mol. The van der Waals surface area contributed by atoms with Crippen molar-refractivity contribution in [2.45, 2.75) is 26.7 Å². The van der Waals surface area contributed by atoms with Gasteiger partial charge in [-0.1, -0.05) is 6.92 Å². The van der Waals surface area contributed by atoms with Crippen molar-refractivity contribution in [3.05, 3.63) is 0 Å². The molecule has 0 aliphatic rings. The molecule has 0 N–H and O–H groups in total. The first-order valence-electron chi connectivity index (χ1n) is 3.14. The summed E-state index contributed by atoms with van der Waals surface area (Å²) < 4.78 is 0. The second kappa shape index (κ2) is 5.37. The Balaban J connectivity index is 3.33. The minimum absolute atomic E-state index is 0.426. The van der Waals surface area contributed by atoms with Crippen LogP contribution in [0.2, 0.25) is 0 Å². The third-order valence-corrected chi connectivity index (χ3v) is 1.13. The van der Waals surface area contributed by atoms with Crippen molar-refractivity contribution < 1.29 is 4.79 Å². The standard InChI is InChI=1S/C8H12O/c1-3-4-5-8(2)6-7-9/h7-8H,5-6H2,1-2H3/t8-/m1/s1. The van der Waals surface area contributed by atoms with Gasteiger partial charge in [0.2, 0.25) is 0 Å². The molecular weight excluding hydrogens is 112 g/mol. The summed E-state index contributed by atoms with van der Waals surface area (Å²) in [6.45, 7) is 3.84. The first kappa shape index (κ1) is 8.23. The van der Waals surface area contributed by atoms with Gasteiger partial charge in [0.05, 0.1) is 0 Å². The molecule has 0 saturated heterocycles. The highest BCUT2D eigenvalue weighted by molar-refractivity contribution is 5.49. The van der Waals surface area contributed by atoms with Gasteiger partial charge < -0.3 is 4.79 Å². The van der Waals surface area contributed by atoms with E-state index in [0.717, 1.165) is 12.7 Å². The van der Waals surface area contributed by atoms with Crippen molar-refractivity contribution in [1.82, 2.24) is 0 Å². The van der Waals surface area contributed by atoms with E-state index in [1.807, 2.05) is 13.8 Å². The smallest absolute Gasteiger partial charge is 0.120 e. The van der Waals surface area contributed by atoms with Gasteiger partial charge in [0.25, 0.3) is 0 Å². The van der Waals surface area contributed by atoms with Crippen molar-refractivity contribution in [2.24, 2.45) is 5.92 Å². The summed E-state index contributed by atoms with van der Waals surface area (Å²) in [5.41, 5.74) is 0. The van der Waals surface area contributed by atoms with E-state index in [-0.39, 0.29) is 0 Å². The van der Waals surface area contributed by atoms with Crippen LogP contribution in [0.1, 0.15) is 26.7 Å². The molecule has 0 rings (SSSR count). The van der Waals surface area contributed by atoms with Gasteiger partial charge >= 0.3 is 0 Å². The maximum absolute atomic E-state index is 9.93. The Hall–Kier alpha value is -0.770. The third-order valence-electron chi connectivity index (χ3n) is 1.13. The topological polar surface area (TPSA) is 17.1 Å². The molecule has 0 heterocycles. The normalized spacial score (nSPS) is 11.3. The number of carbonyl (C=O) groups is 1. The van der Waals surface area contributed by atoms with Gasteiger partial charge in [-0.2, -0.15) is 0 Å². The molecule has 0 bridgehead atoms. The molecule has 0 unspecified atom stereocenters. The van der Waals surface area contributed by atoms with E-state index in [9.17, 15) is 4.79 Å². The highest BCUT2D eigenvalue weighted by Gasteiger charge is 1.95. The molecule has 0 aliphatic carbocycles. The molecule has 0 fully saturated rings. The molecule has 0 aromatic rings. The lowest BCUT2D eigenvalue weighted by Crippen LogP contribution is -1.92. The van der Waals surface area contributed by atoms with E-state index in [0.29, 0.717) is 12.3 Å². The van der Waals surface area contributed by atoms with Crippen LogP contribution in [0.4, 0.5) is 0 Å². The SMILES string of the molecule is CC#CC[C@@H](C)CC=O. The van der Waals surface area contributed by atoms with Gasteiger partial charge in [-0.3, -0.25) is 0 Å². The summed E-state index contributed by atoms with van der Waals surface area (Å²) in [5, 5.41) is 0. The van der Waals surface area contributed by atoms with E-state index in [4.69, 9.17) is 0 Å². The van der Waals surface area contributed by atoms with Gasteiger partial charge in [0.15, 0.2) is 0 Å². The molecule has 0 radical (unpaired) electrons. The van der Waals surface area contributed by atoms with Crippen molar-refractivity contribution in [3.63, 3.8) is 0 Å². The lowest BCUT2D eigenvalue weighted by atomic mass is 10.1. The predicted octanol–water partition coefficient (Wildman–Crippen LogP) is 1.62. The van der Waals surface area contributed by atoms with Crippen LogP contribution in [-0.4, -0.2) is 6.29 Å². The molecule has 1 heteroatoms. The summed E-state index contributed by atoms with van der Waals surface area (Å²) in [4.78, 5) is 9.93. The minimum Gasteiger partial charge on any atom is -0.303 e. The zero-order valence-corrected chi connectivity index (χ0v) is 5.98. The van der Waals surface area contributed by atoms with Crippen molar-refractivity contribution in [1.29, 1.82) is 0 Å². The quantitative estimate of drug-likeness (QED) is 0.413. The lowest BCUT2D eigenvalue weighted by molar-refractivity contribution is -0.108. The number of rotatable bonds is 3. The predicted molar refractivity (Wildman–Crippen MR) is 37.9 cm³/mol. The van der Waals surface area contributed by atoms with Crippen molar-refractivity contribution >= 4 is 6.29 Å². The zero-order valence-electron chi connectivity index (χ0n) is 5.98. The molecule has 0 saturated carbocycles. The zero-order chi connectivity index (χ0) is 7.11. The van der Waals surface area contributed by atoms with Crippen LogP contribution in [0.25, 0.3) is 0 Å². The highest BCUT2D eigenvalue weighted by atomic mass is 16.1. The first-order valence-corrected chi connectivity index (χ1v) is 3.14. The Morgan fingerprint density at radius 2 is 2.33 bits per heavy atom. The molecule has 1 nitrogen and oxygen atoms in total. The number of hydrogen-bond acceptors (Lipinski definition) is 1. The number of aldehydes is 1. The second-order valence-electron chi connectivity index (χ2n) is 2.14. The van der Waals surface area contributed by atoms with Crippen LogP contribution in [0.5, 0.6) is 0 Å². The maximum atomic E-state index is 9.93. The van der Waals surface area contributed by atoms with E-state index in [1.54, 1.807) is 0 Å². The van der Waals surface area contributed by atoms with E-state index >= 15 is 0 Å². The molecular formula is C8H12O. The number of carbonyl (C=O) groups excluding carboxylic acids is 1. The fourth-order valence-corrected chi connectivity index (χ4v) is 0.524. The molecule has 0 amide bonds. The Bertz CT molecular complexity index is 127. The average molecular weight is 124 g/mol. The Kier molecular flexibility index (Phi) is 4.91. The Labute approximate surface area is 56.5 Å². The Morgan fingerprint density at radius 1 is 1.67 bits per heavy atom. The summed E-state index contributed by atoms with van der Waals surface area (Å²) in [5.74, 6) is 6.14. The van der Waals surface area contributed by atoms with Crippen LogP contribution >= 0.6 is 0 Å². The third kappa shape index (κ3) is 5.10. The summed E-state index contributed by atoms with van der Waals surface area (Å²) >= 11 is 0. The maximum Gasteiger partial charge on any atom is 0.120 e. The van der Waals surface area contributed by atoms with Crippen molar-refractivity contribution in [3.8, 4) is 11.8 Å². The molecule has 0 aromatic heterocycles. The van der Waals surface area contributed by atoms with Crippen LogP contribution in [0.15, 0.2) is 0 Å². The largest absolute Gasteiger partial charge is 0.303 e. The second-order valence-corrected chi connectivity index (χ2v) is 2.14. The summed E-state index contributed by atoms with van der Waals surface area (Å²) in [6, 6.07) is 0. The van der Waals surface area contributed by atoms with Crippen LogP contribution in [0.3, 0.4) is 0 Å². The number of hydrogen-bond donors (Lipinski definition) is 0. The van der Waals surface area contributed by atoms with Gasteiger partial charge in [-0.05, 0) is 12.8 Å². The Morgan fingerprint density at radius 3 is 2.78 bits per heavy atom. The lowest BCUT2D eigenvalue weighted by Gasteiger charge is -1.98. The minimum atomic E-state index is 0.426. The first-order chi connectivity index (χ1) is 4.31. The highest BCUT2D eigenvalue weighted by Crippen LogP contribution is 2.02.